The predicted molar refractivity (Wildman–Crippen MR) is 144 cm³/mol. The van der Waals surface area contributed by atoms with Gasteiger partial charge in [-0.25, -0.2) is 13.2 Å². The fourth-order valence-corrected chi connectivity index (χ4v) is 7.27. The molecule has 1 aliphatic heterocycles. The Labute approximate surface area is 228 Å². The van der Waals surface area contributed by atoms with Crippen molar-refractivity contribution in [2.75, 3.05) is 13.1 Å². The van der Waals surface area contributed by atoms with Crippen LogP contribution < -0.4 is 5.56 Å². The first-order chi connectivity index (χ1) is 18.9. The van der Waals surface area contributed by atoms with Crippen LogP contribution in [0.15, 0.2) is 82.6 Å². The lowest BCUT2D eigenvalue weighted by molar-refractivity contribution is -0.141. The molecule has 1 atom stereocenters. The summed E-state index contributed by atoms with van der Waals surface area (Å²) in [5, 5.41) is 11.1. The van der Waals surface area contributed by atoms with Gasteiger partial charge in [0.1, 0.15) is 6.04 Å². The summed E-state index contributed by atoms with van der Waals surface area (Å²) in [6.07, 6.45) is -4.32. The highest BCUT2D eigenvalue weighted by Gasteiger charge is 2.43. The Balaban J connectivity index is 1.88. The number of pyridine rings is 1. The summed E-state index contributed by atoms with van der Waals surface area (Å²) < 4.78 is 70.8. The third kappa shape index (κ3) is 4.79. The summed E-state index contributed by atoms with van der Waals surface area (Å²) >= 11 is 0. The molecule has 0 radical (unpaired) electrons. The molecule has 0 saturated heterocycles. The largest absolute Gasteiger partial charge is 0.480 e. The Morgan fingerprint density at radius 3 is 2.40 bits per heavy atom. The third-order valence-electron chi connectivity index (χ3n) is 7.06. The van der Waals surface area contributed by atoms with Gasteiger partial charge in [-0.05, 0) is 52.4 Å². The fourth-order valence-electron chi connectivity index (χ4n) is 5.29. The number of alkyl halides is 3. The van der Waals surface area contributed by atoms with Crippen molar-refractivity contribution in [1.82, 2.24) is 8.87 Å². The molecule has 5 rings (SSSR count). The molecule has 2 heterocycles. The molecule has 0 fully saturated rings. The number of sulfonamides is 1. The van der Waals surface area contributed by atoms with E-state index in [1.165, 1.54) is 6.07 Å². The topological polar surface area (TPSA) is 96.7 Å². The number of nitrogens with zero attached hydrogens (tertiary/aromatic N) is 2. The van der Waals surface area contributed by atoms with Crippen LogP contribution in [0.5, 0.6) is 0 Å². The summed E-state index contributed by atoms with van der Waals surface area (Å²) in [4.78, 5) is 25.7. The van der Waals surface area contributed by atoms with Gasteiger partial charge in [-0.3, -0.25) is 9.36 Å². The Kier molecular flexibility index (Phi) is 7.05. The molecular formula is C29H25F3N2O5S. The molecule has 1 aromatic heterocycles. The lowest BCUT2D eigenvalue weighted by Crippen LogP contribution is -2.49. The molecule has 3 aromatic carbocycles. The van der Waals surface area contributed by atoms with Gasteiger partial charge in [-0.15, -0.1) is 0 Å². The molecule has 0 saturated carbocycles. The van der Waals surface area contributed by atoms with Gasteiger partial charge in [-0.1, -0.05) is 61.5 Å². The Morgan fingerprint density at radius 1 is 1.00 bits per heavy atom. The highest BCUT2D eigenvalue weighted by molar-refractivity contribution is 7.89. The quantitative estimate of drug-likeness (QED) is 0.339. The molecule has 1 N–H and O–H groups in total. The minimum atomic E-state index is -4.71. The van der Waals surface area contributed by atoms with Crippen LogP contribution in [0.25, 0.3) is 21.9 Å². The number of aromatic nitrogens is 1. The van der Waals surface area contributed by atoms with Crippen molar-refractivity contribution < 1.29 is 31.5 Å². The highest BCUT2D eigenvalue weighted by Crippen LogP contribution is 2.40. The molecule has 40 heavy (non-hydrogen) atoms. The monoisotopic (exact) mass is 570 g/mol. The fraction of sp³-hybridized carbons (Fsp3) is 0.241. The Hall–Kier alpha value is -3.96. The lowest BCUT2D eigenvalue weighted by Gasteiger charge is -2.35. The van der Waals surface area contributed by atoms with E-state index in [9.17, 15) is 36.3 Å². The zero-order valence-corrected chi connectivity index (χ0v) is 22.2. The van der Waals surface area contributed by atoms with Gasteiger partial charge in [0.25, 0.3) is 15.6 Å². The molecule has 11 heteroatoms. The van der Waals surface area contributed by atoms with Gasteiger partial charge in [0.15, 0.2) is 5.03 Å². The first-order valence-corrected chi connectivity index (χ1v) is 14.0. The Morgan fingerprint density at radius 2 is 1.70 bits per heavy atom. The first kappa shape index (κ1) is 27.6. The number of benzene rings is 3. The van der Waals surface area contributed by atoms with E-state index < -0.39 is 50.9 Å². The number of carboxylic acid groups (broad SMARTS) is 1. The molecule has 0 unspecified atom stereocenters. The van der Waals surface area contributed by atoms with Crippen LogP contribution in [0.1, 0.15) is 36.1 Å². The van der Waals surface area contributed by atoms with Crippen LogP contribution in [0, 0.1) is 0 Å². The number of hydrogen-bond acceptors (Lipinski definition) is 4. The maximum Gasteiger partial charge on any atom is 0.416 e. The van der Waals surface area contributed by atoms with Crippen LogP contribution in [0.3, 0.4) is 0 Å². The van der Waals surface area contributed by atoms with Gasteiger partial charge in [0, 0.05) is 24.7 Å². The normalized spacial score (nSPS) is 17.1. The number of aliphatic carboxylic acids is 1. The second kappa shape index (κ2) is 10.2. The number of carbonyl (C=O) groups is 1. The summed E-state index contributed by atoms with van der Waals surface area (Å²) in [6.45, 7) is 1.23. The number of carboxylic acids is 1. The van der Waals surface area contributed by atoms with Crippen molar-refractivity contribution in [2.45, 2.75) is 37.0 Å². The number of halogens is 3. The van der Waals surface area contributed by atoms with Crippen LogP contribution in [0.2, 0.25) is 0 Å². The molecule has 0 amide bonds. The van der Waals surface area contributed by atoms with E-state index in [2.05, 4.69) is 0 Å². The summed E-state index contributed by atoms with van der Waals surface area (Å²) in [5.41, 5.74) is -1.15. The number of rotatable bonds is 6. The van der Waals surface area contributed by atoms with Gasteiger partial charge in [0.2, 0.25) is 0 Å². The molecular weight excluding hydrogens is 545 g/mol. The Bertz CT molecular complexity index is 1790. The standard InChI is InChI=1S/C29H25F3N2O5S/c1-2-13-33-17-24(28(36)37)34-25(35)16-21(14-19-9-5-8-18-7-3-4-12-23(18)19)26(27(34)40(33,38)39)20-10-6-11-22(15-20)29(30,31)32/h3-12,15-16,24H,2,13-14,17H2,1H3,(H,36,37)/t24-/m0/s1. The SMILES string of the molecule is CCCN1C[C@@H](C(=O)O)n2c(c(-c3cccc(C(F)(F)F)c3)c(Cc3cccc4ccccc34)cc2=O)S1(=O)=O. The van der Waals surface area contributed by atoms with Crippen LogP contribution in [-0.2, 0) is 27.4 Å². The number of fused-ring (bicyclic) bond motifs is 2. The molecule has 7 nitrogen and oxygen atoms in total. The molecule has 0 aliphatic carbocycles. The average Bonchev–Trinajstić information content (AvgIpc) is 2.90. The summed E-state index contributed by atoms with van der Waals surface area (Å²) in [7, 11) is -4.47. The average molecular weight is 571 g/mol. The van der Waals surface area contributed by atoms with E-state index in [0.29, 0.717) is 11.0 Å². The van der Waals surface area contributed by atoms with Gasteiger partial charge in [0.05, 0.1) is 5.56 Å². The van der Waals surface area contributed by atoms with E-state index in [-0.39, 0.29) is 29.7 Å². The van der Waals surface area contributed by atoms with Gasteiger partial charge >= 0.3 is 12.1 Å². The highest BCUT2D eigenvalue weighted by atomic mass is 32.2. The predicted octanol–water partition coefficient (Wildman–Crippen LogP) is 5.32. The second-order valence-electron chi connectivity index (χ2n) is 9.67. The lowest BCUT2D eigenvalue weighted by atomic mass is 9.93. The molecule has 0 spiro atoms. The van der Waals surface area contributed by atoms with Crippen molar-refractivity contribution in [3.05, 3.63) is 99.8 Å². The van der Waals surface area contributed by atoms with Gasteiger partial charge in [-0.2, -0.15) is 17.5 Å². The zero-order valence-electron chi connectivity index (χ0n) is 21.4. The van der Waals surface area contributed by atoms with E-state index in [1.807, 2.05) is 30.3 Å². The van der Waals surface area contributed by atoms with Crippen LogP contribution >= 0.6 is 0 Å². The van der Waals surface area contributed by atoms with E-state index >= 15 is 0 Å². The second-order valence-corrected chi connectivity index (χ2v) is 11.5. The minimum Gasteiger partial charge on any atom is -0.480 e. The smallest absolute Gasteiger partial charge is 0.416 e. The number of hydrogen-bond donors (Lipinski definition) is 1. The van der Waals surface area contributed by atoms with E-state index in [1.54, 1.807) is 19.1 Å². The van der Waals surface area contributed by atoms with Crippen molar-refractivity contribution in [2.24, 2.45) is 0 Å². The van der Waals surface area contributed by atoms with E-state index in [0.717, 1.165) is 44.9 Å². The maximum absolute atomic E-state index is 14.0. The van der Waals surface area contributed by atoms with Crippen molar-refractivity contribution in [1.29, 1.82) is 0 Å². The third-order valence-corrected chi connectivity index (χ3v) is 8.96. The molecule has 4 aromatic rings. The summed E-state index contributed by atoms with van der Waals surface area (Å²) in [6, 6.07) is 16.7. The molecule has 208 valence electrons. The van der Waals surface area contributed by atoms with Crippen LogP contribution in [-0.4, -0.2) is 41.5 Å². The van der Waals surface area contributed by atoms with Crippen molar-refractivity contribution in [3.8, 4) is 11.1 Å². The zero-order chi connectivity index (χ0) is 28.8. The molecule has 1 aliphatic rings. The molecule has 0 bridgehead atoms. The van der Waals surface area contributed by atoms with Crippen molar-refractivity contribution in [3.63, 3.8) is 0 Å². The van der Waals surface area contributed by atoms with Crippen molar-refractivity contribution >= 4 is 26.8 Å². The minimum absolute atomic E-state index is 0.0180. The van der Waals surface area contributed by atoms with E-state index in [4.69, 9.17) is 0 Å². The maximum atomic E-state index is 14.0. The summed E-state index contributed by atoms with van der Waals surface area (Å²) in [5.74, 6) is -1.42. The van der Waals surface area contributed by atoms with Gasteiger partial charge < -0.3 is 5.11 Å². The van der Waals surface area contributed by atoms with Crippen LogP contribution in [0.4, 0.5) is 13.2 Å². The first-order valence-electron chi connectivity index (χ1n) is 12.6.